The second-order valence-electron chi connectivity index (χ2n) is 6.04. The van der Waals surface area contributed by atoms with Gasteiger partial charge in [0.2, 0.25) is 0 Å². The van der Waals surface area contributed by atoms with Gasteiger partial charge in [-0.3, -0.25) is 0 Å². The smallest absolute Gasteiger partial charge is 0.279 e. The Balaban J connectivity index is 1.76. The van der Waals surface area contributed by atoms with E-state index in [4.69, 9.17) is 0 Å². The van der Waals surface area contributed by atoms with Crippen LogP contribution in [0, 0.1) is 5.92 Å². The fourth-order valence-corrected chi connectivity index (χ4v) is 4.15. The quantitative estimate of drug-likeness (QED) is 0.654. The molecule has 1 aliphatic heterocycles. The predicted octanol–water partition coefficient (Wildman–Crippen LogP) is -0.154. The average molecular weight is 304 g/mol. The van der Waals surface area contributed by atoms with E-state index in [0.29, 0.717) is 31.6 Å². The Kier molecular flexibility index (Phi) is 5.80. The summed E-state index contributed by atoms with van der Waals surface area (Å²) in [4.78, 5) is 2.24. The van der Waals surface area contributed by atoms with Crippen molar-refractivity contribution < 1.29 is 8.42 Å². The van der Waals surface area contributed by atoms with Gasteiger partial charge in [-0.25, -0.2) is 4.72 Å². The molecule has 1 aliphatic carbocycles. The fourth-order valence-electron chi connectivity index (χ4n) is 2.84. The molecule has 0 aromatic carbocycles. The molecule has 20 heavy (non-hydrogen) atoms. The molecule has 0 spiro atoms. The third-order valence-corrected chi connectivity index (χ3v) is 5.81. The zero-order chi connectivity index (χ0) is 14.6. The van der Waals surface area contributed by atoms with Gasteiger partial charge in [0.1, 0.15) is 0 Å². The first-order chi connectivity index (χ1) is 9.53. The number of nitrogens with one attached hydrogen (secondary N) is 2. The van der Waals surface area contributed by atoms with E-state index in [1.54, 1.807) is 4.31 Å². The van der Waals surface area contributed by atoms with Crippen LogP contribution in [0.2, 0.25) is 0 Å². The highest BCUT2D eigenvalue weighted by Crippen LogP contribution is 2.24. The highest BCUT2D eigenvalue weighted by Gasteiger charge is 2.29. The Morgan fingerprint density at radius 2 is 2.05 bits per heavy atom. The van der Waals surface area contributed by atoms with Crippen LogP contribution < -0.4 is 10.0 Å². The van der Waals surface area contributed by atoms with Crippen LogP contribution in [-0.4, -0.2) is 70.5 Å². The summed E-state index contributed by atoms with van der Waals surface area (Å²) in [6.07, 6.45) is 4.56. The molecule has 1 unspecified atom stereocenters. The Morgan fingerprint density at radius 1 is 1.30 bits per heavy atom. The van der Waals surface area contributed by atoms with E-state index in [9.17, 15) is 8.42 Å². The van der Waals surface area contributed by atoms with Crippen LogP contribution in [0.4, 0.5) is 0 Å². The number of nitrogens with zero attached hydrogens (tertiary/aromatic N) is 2. The lowest BCUT2D eigenvalue weighted by Crippen LogP contribution is -2.48. The minimum Gasteiger partial charge on any atom is -0.319 e. The number of rotatable bonds is 8. The van der Waals surface area contributed by atoms with Crippen LogP contribution in [0.1, 0.15) is 25.7 Å². The third kappa shape index (κ3) is 4.66. The summed E-state index contributed by atoms with van der Waals surface area (Å²) in [6, 6.07) is 0.675. The van der Waals surface area contributed by atoms with E-state index in [1.807, 2.05) is 7.05 Å². The van der Waals surface area contributed by atoms with Crippen molar-refractivity contribution in [2.24, 2.45) is 5.92 Å². The predicted molar refractivity (Wildman–Crippen MR) is 80.8 cm³/mol. The maximum Gasteiger partial charge on any atom is 0.279 e. The lowest BCUT2D eigenvalue weighted by Gasteiger charge is -2.32. The number of piperidine rings is 1. The third-order valence-electron chi connectivity index (χ3n) is 4.23. The lowest BCUT2D eigenvalue weighted by molar-refractivity contribution is 0.259. The molecule has 0 radical (unpaired) electrons. The molecule has 1 saturated heterocycles. The molecule has 2 rings (SSSR count). The standard InChI is InChI=1S/C13H28N4O2S/c1-14-10-12-4-3-8-17(11-12)20(18,19)15-7-9-16(2)13-5-6-13/h12-15H,3-11H2,1-2H3. The zero-order valence-electron chi connectivity index (χ0n) is 12.6. The van der Waals surface area contributed by atoms with Crippen molar-refractivity contribution >= 4 is 10.2 Å². The number of likely N-dealkylation sites (N-methyl/N-ethyl adjacent to an activating group) is 1. The summed E-state index contributed by atoms with van der Waals surface area (Å²) >= 11 is 0. The first-order valence-electron chi connectivity index (χ1n) is 7.62. The molecule has 0 bridgehead atoms. The van der Waals surface area contributed by atoms with Gasteiger partial charge >= 0.3 is 0 Å². The summed E-state index contributed by atoms with van der Waals surface area (Å²) in [5, 5.41) is 3.14. The highest BCUT2D eigenvalue weighted by molar-refractivity contribution is 7.87. The number of hydrogen-bond donors (Lipinski definition) is 2. The van der Waals surface area contributed by atoms with Crippen LogP contribution in [0.5, 0.6) is 0 Å². The van der Waals surface area contributed by atoms with Gasteiger partial charge in [0.05, 0.1) is 0 Å². The second-order valence-corrected chi connectivity index (χ2v) is 7.79. The Morgan fingerprint density at radius 3 is 2.70 bits per heavy atom. The fraction of sp³-hybridized carbons (Fsp3) is 1.00. The highest BCUT2D eigenvalue weighted by atomic mass is 32.2. The van der Waals surface area contributed by atoms with Crippen LogP contribution >= 0.6 is 0 Å². The van der Waals surface area contributed by atoms with Crippen molar-refractivity contribution in [2.75, 3.05) is 46.8 Å². The van der Waals surface area contributed by atoms with Gasteiger partial charge in [-0.15, -0.1) is 0 Å². The normalized spacial score (nSPS) is 25.2. The van der Waals surface area contributed by atoms with Gasteiger partial charge in [0, 0.05) is 32.2 Å². The van der Waals surface area contributed by atoms with Gasteiger partial charge in [-0.1, -0.05) is 0 Å². The van der Waals surface area contributed by atoms with Gasteiger partial charge in [0.15, 0.2) is 0 Å². The van der Waals surface area contributed by atoms with E-state index < -0.39 is 10.2 Å². The molecular formula is C13H28N4O2S. The van der Waals surface area contributed by atoms with Crippen molar-refractivity contribution in [3.8, 4) is 0 Å². The first-order valence-corrected chi connectivity index (χ1v) is 9.06. The van der Waals surface area contributed by atoms with E-state index in [2.05, 4.69) is 22.0 Å². The van der Waals surface area contributed by atoms with Gasteiger partial charge in [0.25, 0.3) is 10.2 Å². The minimum absolute atomic E-state index is 0.430. The molecular weight excluding hydrogens is 276 g/mol. The Labute approximate surface area is 123 Å². The summed E-state index contributed by atoms with van der Waals surface area (Å²) in [5.41, 5.74) is 0. The molecule has 0 amide bonds. The molecule has 0 aromatic rings. The second kappa shape index (κ2) is 7.17. The first kappa shape index (κ1) is 16.2. The minimum atomic E-state index is -3.31. The molecule has 6 nitrogen and oxygen atoms in total. The van der Waals surface area contributed by atoms with Crippen molar-refractivity contribution in [3.05, 3.63) is 0 Å². The zero-order valence-corrected chi connectivity index (χ0v) is 13.5. The lowest BCUT2D eigenvalue weighted by atomic mass is 10.00. The average Bonchev–Trinajstić information content (AvgIpc) is 3.23. The molecule has 1 heterocycles. The number of hydrogen-bond acceptors (Lipinski definition) is 4. The molecule has 1 atom stereocenters. The van der Waals surface area contributed by atoms with Crippen molar-refractivity contribution in [1.82, 2.24) is 19.2 Å². The summed E-state index contributed by atoms with van der Waals surface area (Å²) in [5.74, 6) is 0.430. The molecule has 7 heteroatoms. The van der Waals surface area contributed by atoms with Gasteiger partial charge in [-0.2, -0.15) is 12.7 Å². The maximum absolute atomic E-state index is 12.3. The maximum atomic E-state index is 12.3. The summed E-state index contributed by atoms with van der Waals surface area (Å²) in [6.45, 7) is 3.46. The van der Waals surface area contributed by atoms with Crippen molar-refractivity contribution in [2.45, 2.75) is 31.7 Å². The van der Waals surface area contributed by atoms with E-state index in [-0.39, 0.29) is 0 Å². The topological polar surface area (TPSA) is 64.7 Å². The molecule has 1 saturated carbocycles. The van der Waals surface area contributed by atoms with Gasteiger partial charge < -0.3 is 10.2 Å². The molecule has 0 aromatic heterocycles. The summed E-state index contributed by atoms with van der Waals surface area (Å²) in [7, 11) is 0.675. The molecule has 118 valence electrons. The largest absolute Gasteiger partial charge is 0.319 e. The van der Waals surface area contributed by atoms with Crippen LogP contribution in [0.25, 0.3) is 0 Å². The van der Waals surface area contributed by atoms with Crippen LogP contribution in [0.3, 0.4) is 0 Å². The molecule has 2 fully saturated rings. The van der Waals surface area contributed by atoms with Crippen molar-refractivity contribution in [1.29, 1.82) is 0 Å². The summed E-state index contributed by atoms with van der Waals surface area (Å²) < 4.78 is 28.9. The SMILES string of the molecule is CNCC1CCCN(S(=O)(=O)NCCN(C)C2CC2)C1. The van der Waals surface area contributed by atoms with Crippen LogP contribution in [-0.2, 0) is 10.2 Å². The molecule has 2 N–H and O–H groups in total. The van der Waals surface area contributed by atoms with Crippen molar-refractivity contribution in [3.63, 3.8) is 0 Å². The van der Waals surface area contributed by atoms with E-state index in [0.717, 1.165) is 25.9 Å². The van der Waals surface area contributed by atoms with Crippen LogP contribution in [0.15, 0.2) is 0 Å². The van der Waals surface area contributed by atoms with E-state index in [1.165, 1.54) is 12.8 Å². The monoisotopic (exact) mass is 304 g/mol. The Hall–Kier alpha value is -0.210. The van der Waals surface area contributed by atoms with Gasteiger partial charge in [-0.05, 0) is 52.2 Å². The Bertz CT molecular complexity index is 395. The molecule has 2 aliphatic rings. The van der Waals surface area contributed by atoms with E-state index >= 15 is 0 Å².